The van der Waals surface area contributed by atoms with Crippen LogP contribution in [-0.2, 0) is 9.53 Å². The lowest BCUT2D eigenvalue weighted by molar-refractivity contribution is -0.114. The molecule has 0 aromatic rings. The van der Waals surface area contributed by atoms with E-state index in [1.54, 1.807) is 6.08 Å². The lowest BCUT2D eigenvalue weighted by atomic mass is 10.0. The molecule has 0 amide bonds. The summed E-state index contributed by atoms with van der Waals surface area (Å²) in [6.45, 7) is 3.12. The summed E-state index contributed by atoms with van der Waals surface area (Å²) in [6, 6.07) is 0. The van der Waals surface area contributed by atoms with Crippen molar-refractivity contribution in [1.29, 1.82) is 0 Å². The third-order valence-electron chi connectivity index (χ3n) is 4.23. The van der Waals surface area contributed by atoms with Gasteiger partial charge in [0.05, 0.1) is 18.6 Å². The highest BCUT2D eigenvalue weighted by molar-refractivity contribution is 6.18. The van der Waals surface area contributed by atoms with Crippen LogP contribution in [0.15, 0.2) is 12.2 Å². The minimum absolute atomic E-state index is 0.202. The molecule has 3 nitrogen and oxygen atoms in total. The molecule has 0 saturated carbocycles. The summed E-state index contributed by atoms with van der Waals surface area (Å²) in [5.41, 5.74) is 0. The van der Waals surface area contributed by atoms with Crippen molar-refractivity contribution in [3.63, 3.8) is 0 Å². The molecule has 0 saturated heterocycles. The van der Waals surface area contributed by atoms with Crippen molar-refractivity contribution >= 4 is 17.4 Å². The molecule has 0 aromatic carbocycles. The predicted octanol–water partition coefficient (Wildman–Crippen LogP) is 5.82. The number of alkyl halides is 1. The van der Waals surface area contributed by atoms with E-state index in [-0.39, 0.29) is 18.3 Å². The van der Waals surface area contributed by atoms with E-state index in [9.17, 15) is 9.90 Å². The molecule has 0 spiro atoms. The molecule has 0 fully saturated rings. The van der Waals surface area contributed by atoms with Gasteiger partial charge in [-0.05, 0) is 25.3 Å². The number of ether oxygens (including phenoxy) is 1. The summed E-state index contributed by atoms with van der Waals surface area (Å²) in [4.78, 5) is 11.7. The zero-order valence-electron chi connectivity index (χ0n) is 16.2. The molecule has 0 heterocycles. The lowest BCUT2D eigenvalue weighted by Crippen LogP contribution is -2.17. The van der Waals surface area contributed by atoms with Crippen molar-refractivity contribution < 1.29 is 14.6 Å². The van der Waals surface area contributed by atoms with Gasteiger partial charge in [0.15, 0.2) is 5.78 Å². The Balaban J connectivity index is 3.29. The van der Waals surface area contributed by atoms with Crippen molar-refractivity contribution in [2.75, 3.05) is 19.1 Å². The summed E-state index contributed by atoms with van der Waals surface area (Å²) < 4.78 is 5.28. The maximum atomic E-state index is 11.7. The summed E-state index contributed by atoms with van der Waals surface area (Å²) in [6.07, 6.45) is 18.4. The Labute approximate surface area is 160 Å². The molecule has 4 heteroatoms. The first kappa shape index (κ1) is 24.6. The summed E-state index contributed by atoms with van der Waals surface area (Å²) in [5.74, 6) is 0.436. The summed E-state index contributed by atoms with van der Waals surface area (Å²) in [7, 11) is 0. The fourth-order valence-electron chi connectivity index (χ4n) is 2.65. The second-order valence-corrected chi connectivity index (χ2v) is 7.13. The Morgan fingerprint density at radius 2 is 1.60 bits per heavy atom. The minimum atomic E-state index is -0.583. The number of carbonyl (C=O) groups is 1. The van der Waals surface area contributed by atoms with Gasteiger partial charge in [0, 0.05) is 13.0 Å². The molecule has 148 valence electrons. The Bertz CT molecular complexity index is 318. The molecule has 0 rings (SSSR count). The van der Waals surface area contributed by atoms with E-state index in [2.05, 4.69) is 6.92 Å². The van der Waals surface area contributed by atoms with Crippen LogP contribution in [0.4, 0.5) is 0 Å². The number of hydrogen-bond acceptors (Lipinski definition) is 3. The van der Waals surface area contributed by atoms with Crippen LogP contribution in [0.3, 0.4) is 0 Å². The first-order chi connectivity index (χ1) is 12.2. The van der Waals surface area contributed by atoms with Crippen LogP contribution in [0, 0.1) is 0 Å². The second-order valence-electron chi connectivity index (χ2n) is 6.83. The normalized spacial score (nSPS) is 12.8. The van der Waals surface area contributed by atoms with Crippen molar-refractivity contribution in [3.05, 3.63) is 12.2 Å². The van der Waals surface area contributed by atoms with Gasteiger partial charge in [-0.1, -0.05) is 70.8 Å². The van der Waals surface area contributed by atoms with Crippen LogP contribution < -0.4 is 0 Å². The second kappa shape index (κ2) is 19.9. The molecular weight excluding hydrogens is 336 g/mol. The predicted molar refractivity (Wildman–Crippen MR) is 107 cm³/mol. The fourth-order valence-corrected chi connectivity index (χ4v) is 2.74. The molecule has 0 aliphatic heterocycles. The van der Waals surface area contributed by atoms with Crippen LogP contribution in [0.1, 0.15) is 90.4 Å². The molecule has 25 heavy (non-hydrogen) atoms. The molecule has 0 aromatic heterocycles. The standard InChI is InChI=1S/C21H39ClO3/c1-2-3-4-5-6-7-8-9-10-12-15-20(23)16-13-11-14-17-25-19-21(24)18-22/h13,16,21,24H,2-12,14-15,17-19H2,1H3/b16-13+/t21-/m1/s1. The molecule has 0 aliphatic carbocycles. The third kappa shape index (κ3) is 19.8. The smallest absolute Gasteiger partial charge is 0.155 e. The van der Waals surface area contributed by atoms with E-state index < -0.39 is 6.10 Å². The van der Waals surface area contributed by atoms with E-state index in [1.807, 2.05) is 6.08 Å². The van der Waals surface area contributed by atoms with Crippen LogP contribution >= 0.6 is 11.6 Å². The van der Waals surface area contributed by atoms with Gasteiger partial charge in [0.2, 0.25) is 0 Å². The molecule has 0 unspecified atom stereocenters. The van der Waals surface area contributed by atoms with Crippen LogP contribution in [0.25, 0.3) is 0 Å². The van der Waals surface area contributed by atoms with E-state index in [4.69, 9.17) is 16.3 Å². The fraction of sp³-hybridized carbons (Fsp3) is 0.857. The quantitative estimate of drug-likeness (QED) is 0.176. The maximum absolute atomic E-state index is 11.7. The number of ketones is 1. The number of hydrogen-bond donors (Lipinski definition) is 1. The molecular formula is C21H39ClO3. The van der Waals surface area contributed by atoms with Crippen LogP contribution in [-0.4, -0.2) is 36.1 Å². The van der Waals surface area contributed by atoms with Gasteiger partial charge in [-0.25, -0.2) is 0 Å². The molecule has 0 radical (unpaired) electrons. The molecule has 0 aliphatic rings. The number of carbonyl (C=O) groups excluding carboxylic acids is 1. The number of halogens is 1. The highest BCUT2D eigenvalue weighted by atomic mass is 35.5. The Morgan fingerprint density at radius 1 is 1.00 bits per heavy atom. The van der Waals surface area contributed by atoms with E-state index in [0.717, 1.165) is 19.3 Å². The first-order valence-corrected chi connectivity index (χ1v) is 10.7. The number of aliphatic hydroxyl groups excluding tert-OH is 1. The topological polar surface area (TPSA) is 46.5 Å². The van der Waals surface area contributed by atoms with Crippen LogP contribution in [0.2, 0.25) is 0 Å². The SMILES string of the molecule is CCCCCCCCCCCCC(=O)/C=C/CCCOC[C@H](O)CCl. The maximum Gasteiger partial charge on any atom is 0.155 e. The Hall–Kier alpha value is -0.380. The van der Waals surface area contributed by atoms with Gasteiger partial charge in [0.25, 0.3) is 0 Å². The summed E-state index contributed by atoms with van der Waals surface area (Å²) in [5, 5.41) is 9.21. The van der Waals surface area contributed by atoms with E-state index in [1.165, 1.54) is 57.8 Å². The van der Waals surface area contributed by atoms with Crippen molar-refractivity contribution in [2.24, 2.45) is 0 Å². The highest BCUT2D eigenvalue weighted by Gasteiger charge is 2.00. The first-order valence-electron chi connectivity index (χ1n) is 10.2. The molecule has 1 N–H and O–H groups in total. The Kier molecular flexibility index (Phi) is 19.6. The lowest BCUT2D eigenvalue weighted by Gasteiger charge is -2.06. The zero-order chi connectivity index (χ0) is 18.6. The van der Waals surface area contributed by atoms with Crippen LogP contribution in [0.5, 0.6) is 0 Å². The number of rotatable bonds is 19. The van der Waals surface area contributed by atoms with Gasteiger partial charge >= 0.3 is 0 Å². The van der Waals surface area contributed by atoms with E-state index in [0.29, 0.717) is 13.0 Å². The van der Waals surface area contributed by atoms with Gasteiger partial charge in [0.1, 0.15) is 0 Å². The van der Waals surface area contributed by atoms with Gasteiger partial charge in [-0.2, -0.15) is 0 Å². The third-order valence-corrected chi connectivity index (χ3v) is 4.58. The van der Waals surface area contributed by atoms with Gasteiger partial charge in [-0.3, -0.25) is 4.79 Å². The average molecular weight is 375 g/mol. The largest absolute Gasteiger partial charge is 0.389 e. The van der Waals surface area contributed by atoms with E-state index >= 15 is 0 Å². The minimum Gasteiger partial charge on any atom is -0.389 e. The average Bonchev–Trinajstić information content (AvgIpc) is 2.62. The van der Waals surface area contributed by atoms with Gasteiger partial charge in [-0.15, -0.1) is 11.6 Å². The summed E-state index contributed by atoms with van der Waals surface area (Å²) >= 11 is 5.47. The molecule has 0 bridgehead atoms. The highest BCUT2D eigenvalue weighted by Crippen LogP contribution is 2.11. The van der Waals surface area contributed by atoms with Crippen molar-refractivity contribution in [3.8, 4) is 0 Å². The Morgan fingerprint density at radius 3 is 2.20 bits per heavy atom. The monoisotopic (exact) mass is 374 g/mol. The van der Waals surface area contributed by atoms with Crippen molar-refractivity contribution in [1.82, 2.24) is 0 Å². The zero-order valence-corrected chi connectivity index (χ0v) is 16.9. The number of unbranched alkanes of at least 4 members (excludes halogenated alkanes) is 10. The molecule has 1 atom stereocenters. The number of aliphatic hydroxyl groups is 1. The van der Waals surface area contributed by atoms with Crippen molar-refractivity contribution in [2.45, 2.75) is 96.5 Å². The van der Waals surface area contributed by atoms with Gasteiger partial charge < -0.3 is 9.84 Å². The number of allylic oxidation sites excluding steroid dienone is 2.